The number of nitrogens with zero attached hydrogens (tertiary/aromatic N) is 3. The molecule has 31 heavy (non-hydrogen) atoms. The number of amides is 1. The summed E-state index contributed by atoms with van der Waals surface area (Å²) in [5, 5.41) is 4.43. The molecule has 0 atom stereocenters. The Morgan fingerprint density at radius 1 is 1.13 bits per heavy atom. The van der Waals surface area contributed by atoms with E-state index in [0.29, 0.717) is 34.6 Å². The van der Waals surface area contributed by atoms with Crippen LogP contribution in [0, 0.1) is 0 Å². The number of likely N-dealkylation sites (tertiary alicyclic amines) is 1. The fourth-order valence-electron chi connectivity index (χ4n) is 4.09. The molecule has 0 spiro atoms. The third-order valence-electron chi connectivity index (χ3n) is 5.67. The number of H-pyrrole nitrogens is 1. The lowest BCUT2D eigenvalue weighted by atomic mass is 9.94. The highest BCUT2D eigenvalue weighted by atomic mass is 16.5. The second-order valence-electron chi connectivity index (χ2n) is 7.77. The molecule has 2 aromatic heterocycles. The van der Waals surface area contributed by atoms with Crippen LogP contribution < -0.4 is 15.2 Å². The summed E-state index contributed by atoms with van der Waals surface area (Å²) in [7, 11) is 3.69. The number of aromatic amines is 1. The average Bonchev–Trinajstić information content (AvgIpc) is 3.31. The SMILES string of the molecule is COc1ccccc1Oc1ccc(-c2[nH]c3c(C4CN(C)C4)cnn3c2C(N)=O)cc1. The third-order valence-corrected chi connectivity index (χ3v) is 5.67. The van der Waals surface area contributed by atoms with Crippen molar-refractivity contribution in [1.29, 1.82) is 0 Å². The Balaban J connectivity index is 1.49. The Bertz CT molecular complexity index is 1250. The van der Waals surface area contributed by atoms with Crippen molar-refractivity contribution >= 4 is 11.6 Å². The van der Waals surface area contributed by atoms with E-state index in [2.05, 4.69) is 22.0 Å². The van der Waals surface area contributed by atoms with E-state index >= 15 is 0 Å². The van der Waals surface area contributed by atoms with Gasteiger partial charge in [0.05, 0.1) is 19.0 Å². The number of fused-ring (bicyclic) bond motifs is 1. The molecule has 1 fully saturated rings. The van der Waals surface area contributed by atoms with Gasteiger partial charge < -0.3 is 25.1 Å². The highest BCUT2D eigenvalue weighted by Gasteiger charge is 2.30. The molecule has 2 aromatic carbocycles. The van der Waals surface area contributed by atoms with Crippen molar-refractivity contribution in [3.8, 4) is 28.5 Å². The Labute approximate surface area is 179 Å². The summed E-state index contributed by atoms with van der Waals surface area (Å²) in [6.07, 6.45) is 1.82. The van der Waals surface area contributed by atoms with Gasteiger partial charge in [0.2, 0.25) is 0 Å². The first-order valence-corrected chi connectivity index (χ1v) is 10.0. The first-order valence-electron chi connectivity index (χ1n) is 10.0. The van der Waals surface area contributed by atoms with Gasteiger partial charge in [0, 0.05) is 30.1 Å². The van der Waals surface area contributed by atoms with Crippen molar-refractivity contribution in [3.63, 3.8) is 0 Å². The van der Waals surface area contributed by atoms with Gasteiger partial charge in [0.1, 0.15) is 11.4 Å². The molecule has 158 valence electrons. The van der Waals surface area contributed by atoms with E-state index in [1.165, 1.54) is 0 Å². The molecule has 1 aliphatic rings. The van der Waals surface area contributed by atoms with Crippen molar-refractivity contribution in [2.45, 2.75) is 5.92 Å². The van der Waals surface area contributed by atoms with E-state index in [0.717, 1.165) is 29.9 Å². The molecule has 0 bridgehead atoms. The summed E-state index contributed by atoms with van der Waals surface area (Å²) in [5.74, 6) is 1.80. The van der Waals surface area contributed by atoms with Crippen LogP contribution >= 0.6 is 0 Å². The quantitative estimate of drug-likeness (QED) is 0.502. The first-order chi connectivity index (χ1) is 15.0. The molecule has 0 radical (unpaired) electrons. The number of primary amides is 1. The lowest BCUT2D eigenvalue weighted by Crippen LogP contribution is -2.41. The van der Waals surface area contributed by atoms with Crippen LogP contribution in [-0.2, 0) is 0 Å². The topological polar surface area (TPSA) is 97.9 Å². The zero-order valence-electron chi connectivity index (χ0n) is 17.3. The largest absolute Gasteiger partial charge is 0.493 e. The minimum atomic E-state index is -0.532. The van der Waals surface area contributed by atoms with Gasteiger partial charge >= 0.3 is 0 Å². The molecule has 0 unspecified atom stereocenters. The number of nitrogens with one attached hydrogen (secondary N) is 1. The fraction of sp³-hybridized carbons (Fsp3) is 0.217. The zero-order chi connectivity index (χ0) is 21.5. The number of carbonyl (C=O) groups is 1. The van der Waals surface area contributed by atoms with Gasteiger partial charge in [-0.3, -0.25) is 4.79 Å². The molecule has 3 N–H and O–H groups in total. The zero-order valence-corrected chi connectivity index (χ0v) is 17.3. The van der Waals surface area contributed by atoms with Gasteiger partial charge in [-0.15, -0.1) is 0 Å². The summed E-state index contributed by atoms with van der Waals surface area (Å²) in [4.78, 5) is 17.9. The normalized spacial score (nSPS) is 14.5. The van der Waals surface area contributed by atoms with Gasteiger partial charge in [-0.1, -0.05) is 12.1 Å². The second kappa shape index (κ2) is 7.48. The van der Waals surface area contributed by atoms with Gasteiger partial charge in [0.25, 0.3) is 5.91 Å². The number of para-hydroxylation sites is 2. The van der Waals surface area contributed by atoms with E-state index in [1.807, 2.05) is 54.7 Å². The highest BCUT2D eigenvalue weighted by molar-refractivity contribution is 5.98. The summed E-state index contributed by atoms with van der Waals surface area (Å²) in [6, 6.07) is 14.9. The number of likely N-dealkylation sites (N-methyl/N-ethyl adjacent to an activating group) is 1. The number of hydrogen-bond acceptors (Lipinski definition) is 5. The minimum absolute atomic E-state index is 0.340. The summed E-state index contributed by atoms with van der Waals surface area (Å²) in [5.41, 5.74) is 9.44. The Morgan fingerprint density at radius 2 is 1.84 bits per heavy atom. The van der Waals surface area contributed by atoms with Gasteiger partial charge in [-0.05, 0) is 43.4 Å². The number of benzene rings is 2. The van der Waals surface area contributed by atoms with Crippen molar-refractivity contribution in [2.24, 2.45) is 5.73 Å². The standard InChI is InChI=1S/C23H23N5O3/c1-27-12-15(13-27)17-11-25-28-21(22(24)29)20(26-23(17)28)14-7-9-16(10-8-14)31-19-6-4-3-5-18(19)30-2/h3-11,15,26H,12-13H2,1-2H3,(H2,24,29). The lowest BCUT2D eigenvalue weighted by Gasteiger charge is -2.35. The van der Waals surface area contributed by atoms with Crippen molar-refractivity contribution in [1.82, 2.24) is 19.5 Å². The Morgan fingerprint density at radius 3 is 2.48 bits per heavy atom. The van der Waals surface area contributed by atoms with Crippen LogP contribution in [0.2, 0.25) is 0 Å². The van der Waals surface area contributed by atoms with Crippen molar-refractivity contribution in [3.05, 3.63) is 66.0 Å². The number of nitrogens with two attached hydrogens (primary N) is 1. The maximum Gasteiger partial charge on any atom is 0.269 e. The molecule has 1 amide bonds. The van der Waals surface area contributed by atoms with Gasteiger partial charge in [0.15, 0.2) is 17.2 Å². The predicted molar refractivity (Wildman–Crippen MR) is 117 cm³/mol. The molecule has 8 nitrogen and oxygen atoms in total. The van der Waals surface area contributed by atoms with Crippen LogP contribution in [0.4, 0.5) is 0 Å². The maximum absolute atomic E-state index is 12.3. The predicted octanol–water partition coefficient (Wildman–Crippen LogP) is 3.26. The molecule has 5 rings (SSSR count). The number of aromatic nitrogens is 3. The molecule has 3 heterocycles. The molecule has 0 saturated carbocycles. The maximum atomic E-state index is 12.3. The summed E-state index contributed by atoms with van der Waals surface area (Å²) in [6.45, 7) is 1.94. The molecular formula is C23H23N5O3. The monoisotopic (exact) mass is 417 g/mol. The summed E-state index contributed by atoms with van der Waals surface area (Å²) >= 11 is 0. The van der Waals surface area contributed by atoms with E-state index in [4.69, 9.17) is 15.2 Å². The van der Waals surface area contributed by atoms with Gasteiger partial charge in [-0.2, -0.15) is 5.10 Å². The number of imidazole rings is 1. The van der Waals surface area contributed by atoms with Crippen molar-refractivity contribution < 1.29 is 14.3 Å². The molecule has 8 heteroatoms. The Kier molecular flexibility index (Phi) is 4.63. The van der Waals surface area contributed by atoms with Crippen LogP contribution in [0.5, 0.6) is 17.2 Å². The van der Waals surface area contributed by atoms with Crippen LogP contribution in [0.15, 0.2) is 54.7 Å². The molecule has 1 saturated heterocycles. The van der Waals surface area contributed by atoms with E-state index < -0.39 is 5.91 Å². The lowest BCUT2D eigenvalue weighted by molar-refractivity contribution is 0.0994. The third kappa shape index (κ3) is 3.30. The van der Waals surface area contributed by atoms with Crippen LogP contribution in [0.3, 0.4) is 0 Å². The van der Waals surface area contributed by atoms with E-state index in [1.54, 1.807) is 11.6 Å². The van der Waals surface area contributed by atoms with E-state index in [9.17, 15) is 4.79 Å². The second-order valence-corrected chi connectivity index (χ2v) is 7.77. The molecule has 1 aliphatic heterocycles. The van der Waals surface area contributed by atoms with Gasteiger partial charge in [-0.25, -0.2) is 4.52 Å². The highest BCUT2D eigenvalue weighted by Crippen LogP contribution is 2.34. The van der Waals surface area contributed by atoms with Crippen LogP contribution in [-0.4, -0.2) is 52.7 Å². The smallest absolute Gasteiger partial charge is 0.269 e. The molecular weight excluding hydrogens is 394 g/mol. The number of ether oxygens (including phenoxy) is 2. The van der Waals surface area contributed by atoms with Crippen molar-refractivity contribution in [2.75, 3.05) is 27.2 Å². The van der Waals surface area contributed by atoms with E-state index in [-0.39, 0.29) is 0 Å². The van der Waals surface area contributed by atoms with Crippen LogP contribution in [0.25, 0.3) is 16.9 Å². The average molecular weight is 417 g/mol. The number of methoxy groups -OCH3 is 1. The molecule has 4 aromatic rings. The number of rotatable bonds is 6. The van der Waals surface area contributed by atoms with Crippen LogP contribution in [0.1, 0.15) is 22.0 Å². The molecule has 0 aliphatic carbocycles. The number of hydrogen-bond donors (Lipinski definition) is 2. The summed E-state index contributed by atoms with van der Waals surface area (Å²) < 4.78 is 12.9. The number of carbonyl (C=O) groups excluding carboxylic acids is 1. The minimum Gasteiger partial charge on any atom is -0.493 e. The first kappa shape index (κ1) is 19.2. The Hall–Kier alpha value is -3.78. The fourth-order valence-corrected chi connectivity index (χ4v) is 4.09.